The molecule has 0 amide bonds. The molecule has 2 rings (SSSR count). The highest BCUT2D eigenvalue weighted by Crippen LogP contribution is 2.32. The summed E-state index contributed by atoms with van der Waals surface area (Å²) in [5.41, 5.74) is 1.73. The number of allylic oxidation sites excluding steroid dienone is 2. The Bertz CT molecular complexity index is 332. The van der Waals surface area contributed by atoms with E-state index in [9.17, 15) is 0 Å². The van der Waals surface area contributed by atoms with Gasteiger partial charge < -0.3 is 10.1 Å². The molecule has 0 bridgehead atoms. The molecule has 0 aromatic rings. The first kappa shape index (κ1) is 16.0. The van der Waals surface area contributed by atoms with Gasteiger partial charge >= 0.3 is 0 Å². The molecule has 3 atom stereocenters. The molecule has 1 N–H and O–H groups in total. The highest BCUT2D eigenvalue weighted by atomic mass is 16.5. The van der Waals surface area contributed by atoms with E-state index in [1.807, 2.05) is 0 Å². The summed E-state index contributed by atoms with van der Waals surface area (Å²) in [4.78, 5) is 0. The molecule has 1 aliphatic carbocycles. The Morgan fingerprint density at radius 2 is 2.10 bits per heavy atom. The van der Waals surface area contributed by atoms with Gasteiger partial charge in [-0.05, 0) is 63.8 Å². The van der Waals surface area contributed by atoms with Crippen molar-refractivity contribution in [2.45, 2.75) is 77.9 Å². The quantitative estimate of drug-likeness (QED) is 0.757. The summed E-state index contributed by atoms with van der Waals surface area (Å²) in [5, 5.41) is 3.85. The van der Waals surface area contributed by atoms with Gasteiger partial charge in [-0.15, -0.1) is 0 Å². The molecule has 1 fully saturated rings. The highest BCUT2D eigenvalue weighted by Gasteiger charge is 2.34. The van der Waals surface area contributed by atoms with Gasteiger partial charge in [-0.25, -0.2) is 0 Å². The molecule has 0 aromatic heterocycles. The van der Waals surface area contributed by atoms with Crippen LogP contribution >= 0.6 is 0 Å². The molecule has 0 radical (unpaired) electrons. The van der Waals surface area contributed by atoms with Crippen LogP contribution < -0.4 is 5.32 Å². The third-order valence-electron chi connectivity index (χ3n) is 5.36. The third kappa shape index (κ3) is 4.08. The molecule has 20 heavy (non-hydrogen) atoms. The summed E-state index contributed by atoms with van der Waals surface area (Å²) in [6.45, 7) is 11.3. The largest absolute Gasteiger partial charge is 0.375 e. The average Bonchev–Trinajstić information content (AvgIpc) is 2.44. The molecular weight excluding hydrogens is 246 g/mol. The van der Waals surface area contributed by atoms with E-state index in [2.05, 4.69) is 39.1 Å². The maximum absolute atomic E-state index is 6.07. The zero-order valence-electron chi connectivity index (χ0n) is 13.9. The number of hydrogen-bond acceptors (Lipinski definition) is 2. The van der Waals surface area contributed by atoms with Crippen LogP contribution in [-0.2, 0) is 4.74 Å². The van der Waals surface area contributed by atoms with Gasteiger partial charge in [0.05, 0.1) is 5.60 Å². The fraction of sp³-hybridized carbons (Fsp3) is 0.889. The number of hydrogen-bond donors (Lipinski definition) is 1. The van der Waals surface area contributed by atoms with E-state index >= 15 is 0 Å². The summed E-state index contributed by atoms with van der Waals surface area (Å²) in [5.74, 6) is 1.59. The first-order valence-corrected chi connectivity index (χ1v) is 8.61. The van der Waals surface area contributed by atoms with Crippen LogP contribution in [0.4, 0.5) is 0 Å². The van der Waals surface area contributed by atoms with Crippen LogP contribution in [0.15, 0.2) is 11.6 Å². The van der Waals surface area contributed by atoms with Gasteiger partial charge in [0.15, 0.2) is 0 Å². The lowest BCUT2D eigenvalue weighted by molar-refractivity contribution is -0.0933. The van der Waals surface area contributed by atoms with Crippen LogP contribution in [0.2, 0.25) is 0 Å². The van der Waals surface area contributed by atoms with Gasteiger partial charge in [-0.1, -0.05) is 32.4 Å². The Morgan fingerprint density at radius 3 is 2.75 bits per heavy atom. The first-order valence-electron chi connectivity index (χ1n) is 8.61. The lowest BCUT2D eigenvalue weighted by Gasteiger charge is -2.41. The van der Waals surface area contributed by atoms with Crippen LogP contribution in [0.5, 0.6) is 0 Å². The predicted octanol–water partition coefficient (Wildman–Crippen LogP) is 4.31. The molecule has 2 aliphatic rings. The fourth-order valence-electron chi connectivity index (χ4n) is 4.12. The van der Waals surface area contributed by atoms with E-state index in [1.54, 1.807) is 5.57 Å². The van der Waals surface area contributed by atoms with Crippen LogP contribution in [0.3, 0.4) is 0 Å². The monoisotopic (exact) mass is 279 g/mol. The number of ether oxygens (including phenoxy) is 1. The minimum Gasteiger partial charge on any atom is -0.375 e. The second-order valence-corrected chi connectivity index (χ2v) is 7.13. The molecule has 116 valence electrons. The van der Waals surface area contributed by atoms with E-state index in [-0.39, 0.29) is 5.60 Å². The summed E-state index contributed by atoms with van der Waals surface area (Å²) in [6.07, 6.45) is 9.74. The lowest BCUT2D eigenvalue weighted by atomic mass is 9.82. The summed E-state index contributed by atoms with van der Waals surface area (Å²) < 4.78 is 6.07. The minimum absolute atomic E-state index is 0.144. The van der Waals surface area contributed by atoms with Crippen LogP contribution in [0.25, 0.3) is 0 Å². The van der Waals surface area contributed by atoms with Gasteiger partial charge in [0, 0.05) is 12.6 Å². The van der Waals surface area contributed by atoms with Crippen LogP contribution in [0, 0.1) is 11.8 Å². The van der Waals surface area contributed by atoms with E-state index in [1.165, 1.54) is 32.2 Å². The Hall–Kier alpha value is -0.340. The fourth-order valence-corrected chi connectivity index (χ4v) is 4.12. The molecule has 1 saturated heterocycles. The van der Waals surface area contributed by atoms with Gasteiger partial charge in [-0.2, -0.15) is 0 Å². The minimum atomic E-state index is 0.144. The summed E-state index contributed by atoms with van der Waals surface area (Å²) >= 11 is 0. The third-order valence-corrected chi connectivity index (χ3v) is 5.36. The van der Waals surface area contributed by atoms with Crippen molar-refractivity contribution in [2.75, 3.05) is 13.2 Å². The van der Waals surface area contributed by atoms with Crippen molar-refractivity contribution in [1.29, 1.82) is 0 Å². The predicted molar refractivity (Wildman–Crippen MR) is 85.9 cm³/mol. The standard InChI is InChI=1S/C18H33NO/c1-5-18(6-2)12-17(7-8-20-18)19-13-16-10-14(3)9-15(4)11-16/h9,14,16-17,19H,5-8,10-13H2,1-4H3. The van der Waals surface area contributed by atoms with Crippen molar-refractivity contribution >= 4 is 0 Å². The van der Waals surface area contributed by atoms with E-state index in [0.717, 1.165) is 31.3 Å². The smallest absolute Gasteiger partial charge is 0.0692 e. The maximum Gasteiger partial charge on any atom is 0.0692 e. The lowest BCUT2D eigenvalue weighted by Crippen LogP contribution is -2.47. The topological polar surface area (TPSA) is 21.3 Å². The van der Waals surface area contributed by atoms with Gasteiger partial charge in [-0.3, -0.25) is 0 Å². The summed E-state index contributed by atoms with van der Waals surface area (Å²) in [7, 11) is 0. The van der Waals surface area contributed by atoms with Crippen LogP contribution in [-0.4, -0.2) is 24.8 Å². The second kappa shape index (κ2) is 7.09. The van der Waals surface area contributed by atoms with Gasteiger partial charge in [0.1, 0.15) is 0 Å². The molecule has 1 heterocycles. The van der Waals surface area contributed by atoms with Gasteiger partial charge in [0.2, 0.25) is 0 Å². The van der Waals surface area contributed by atoms with Crippen molar-refractivity contribution in [2.24, 2.45) is 11.8 Å². The van der Waals surface area contributed by atoms with E-state index < -0.39 is 0 Å². The molecule has 1 aliphatic heterocycles. The van der Waals surface area contributed by atoms with Crippen molar-refractivity contribution in [3.05, 3.63) is 11.6 Å². The highest BCUT2D eigenvalue weighted by molar-refractivity contribution is 5.06. The Kier molecular flexibility index (Phi) is 5.68. The number of rotatable bonds is 5. The normalized spacial score (nSPS) is 33.8. The summed E-state index contributed by atoms with van der Waals surface area (Å²) in [6, 6.07) is 0.658. The molecule has 0 spiro atoms. The molecule has 2 heteroatoms. The van der Waals surface area contributed by atoms with Crippen molar-refractivity contribution < 1.29 is 4.74 Å². The maximum atomic E-state index is 6.07. The average molecular weight is 279 g/mol. The molecular formula is C18H33NO. The molecule has 3 unspecified atom stereocenters. The SMILES string of the molecule is CCC1(CC)CC(NCC2CC(C)=CC(C)C2)CCO1. The zero-order valence-corrected chi connectivity index (χ0v) is 13.9. The molecule has 0 saturated carbocycles. The van der Waals surface area contributed by atoms with Crippen molar-refractivity contribution in [3.63, 3.8) is 0 Å². The van der Waals surface area contributed by atoms with E-state index in [4.69, 9.17) is 4.74 Å². The molecule has 2 nitrogen and oxygen atoms in total. The van der Waals surface area contributed by atoms with E-state index in [0.29, 0.717) is 6.04 Å². The number of nitrogens with one attached hydrogen (secondary N) is 1. The first-order chi connectivity index (χ1) is 9.57. The van der Waals surface area contributed by atoms with Crippen LogP contribution in [0.1, 0.15) is 66.2 Å². The zero-order chi connectivity index (χ0) is 14.6. The van der Waals surface area contributed by atoms with Crippen molar-refractivity contribution in [1.82, 2.24) is 5.32 Å². The Morgan fingerprint density at radius 1 is 1.35 bits per heavy atom. The van der Waals surface area contributed by atoms with Gasteiger partial charge in [0.25, 0.3) is 0 Å². The van der Waals surface area contributed by atoms with Crippen molar-refractivity contribution in [3.8, 4) is 0 Å². The molecule has 0 aromatic carbocycles. The Balaban J connectivity index is 1.81. The Labute approximate surface area is 125 Å². The second-order valence-electron chi connectivity index (χ2n) is 7.13.